The van der Waals surface area contributed by atoms with Crippen LogP contribution < -0.4 is 4.74 Å². The highest BCUT2D eigenvalue weighted by Gasteiger charge is 2.18. The average molecular weight is 284 g/mol. The van der Waals surface area contributed by atoms with Gasteiger partial charge in [0, 0.05) is 5.56 Å². The van der Waals surface area contributed by atoms with Crippen LogP contribution in [-0.2, 0) is 0 Å². The fraction of sp³-hybridized carbons (Fsp3) is 0.333. The molecule has 14 heavy (non-hydrogen) atoms. The largest absolute Gasteiger partial charge is 0.495 e. The van der Waals surface area contributed by atoms with Crippen LogP contribution in [0.1, 0.15) is 18.6 Å². The lowest BCUT2D eigenvalue weighted by Gasteiger charge is -2.14. The first-order valence-corrected chi connectivity index (χ1v) is 5.05. The van der Waals surface area contributed by atoms with Gasteiger partial charge in [0.1, 0.15) is 5.75 Å². The topological polar surface area (TPSA) is 29.5 Å². The molecular formula is C9H9BrClFO2. The number of ether oxygens (including phenoxy) is 1. The summed E-state index contributed by atoms with van der Waals surface area (Å²) in [5.41, 5.74) is 0.450. The molecule has 0 spiro atoms. The Morgan fingerprint density at radius 1 is 1.64 bits per heavy atom. The van der Waals surface area contributed by atoms with E-state index in [0.29, 0.717) is 5.56 Å². The van der Waals surface area contributed by atoms with Crippen molar-refractivity contribution in [2.45, 2.75) is 13.0 Å². The molecule has 0 saturated carbocycles. The molecule has 0 saturated heterocycles. The third-order valence-electron chi connectivity index (χ3n) is 1.80. The molecule has 0 bridgehead atoms. The number of aliphatic hydroxyl groups excluding tert-OH is 1. The minimum atomic E-state index is -0.764. The maximum atomic E-state index is 13.3. The summed E-state index contributed by atoms with van der Waals surface area (Å²) in [5.74, 6) is -0.324. The number of methoxy groups -OCH3 is 1. The van der Waals surface area contributed by atoms with Crippen molar-refractivity contribution >= 4 is 27.5 Å². The molecular weight excluding hydrogens is 274 g/mol. The second-order valence-electron chi connectivity index (χ2n) is 2.78. The maximum Gasteiger partial charge on any atom is 0.159 e. The minimum Gasteiger partial charge on any atom is -0.495 e. The molecule has 1 atom stereocenters. The van der Waals surface area contributed by atoms with Crippen LogP contribution in [0.5, 0.6) is 5.75 Å². The van der Waals surface area contributed by atoms with Crippen molar-refractivity contribution in [3.63, 3.8) is 0 Å². The van der Waals surface area contributed by atoms with Crippen molar-refractivity contribution in [1.82, 2.24) is 0 Å². The number of hydrogen-bond donors (Lipinski definition) is 1. The third kappa shape index (κ3) is 2.02. The van der Waals surface area contributed by atoms with Crippen molar-refractivity contribution in [2.75, 3.05) is 7.11 Å². The molecule has 0 aliphatic heterocycles. The lowest BCUT2D eigenvalue weighted by molar-refractivity contribution is 0.194. The molecule has 1 rings (SSSR count). The Hall–Kier alpha value is -0.320. The summed E-state index contributed by atoms with van der Waals surface area (Å²) in [6, 6.07) is 1.35. The Labute approximate surface area is 94.8 Å². The molecule has 1 aromatic rings. The highest BCUT2D eigenvalue weighted by molar-refractivity contribution is 9.10. The zero-order chi connectivity index (χ0) is 10.9. The van der Waals surface area contributed by atoms with Gasteiger partial charge in [0.25, 0.3) is 0 Å². The normalized spacial score (nSPS) is 12.7. The Bertz CT molecular complexity index is 355. The Morgan fingerprint density at radius 2 is 2.21 bits per heavy atom. The quantitative estimate of drug-likeness (QED) is 0.844. The van der Waals surface area contributed by atoms with E-state index < -0.39 is 11.9 Å². The van der Waals surface area contributed by atoms with E-state index in [1.807, 2.05) is 0 Å². The summed E-state index contributed by atoms with van der Waals surface area (Å²) in [5, 5.41) is 9.35. The first-order chi connectivity index (χ1) is 6.49. The first kappa shape index (κ1) is 11.8. The van der Waals surface area contributed by atoms with Gasteiger partial charge in [-0.3, -0.25) is 0 Å². The fourth-order valence-corrected chi connectivity index (χ4v) is 2.05. The van der Waals surface area contributed by atoms with Gasteiger partial charge in [0.2, 0.25) is 0 Å². The molecule has 0 aliphatic carbocycles. The SMILES string of the molecule is COc1c(C(C)O)cc(Cl)c(F)c1Br. The standard InChI is InChI=1S/C9H9BrClFO2/c1-4(13)5-3-6(11)8(12)7(10)9(5)14-2/h3-4,13H,1-2H3. The Kier molecular flexibility index (Phi) is 3.75. The smallest absolute Gasteiger partial charge is 0.159 e. The highest BCUT2D eigenvalue weighted by Crippen LogP contribution is 2.38. The van der Waals surface area contributed by atoms with E-state index in [9.17, 15) is 9.50 Å². The number of halogens is 3. The molecule has 0 aliphatic rings. The Balaban J connectivity index is 3.43. The van der Waals surface area contributed by atoms with Gasteiger partial charge >= 0.3 is 0 Å². The van der Waals surface area contributed by atoms with Crippen molar-refractivity contribution in [3.05, 3.63) is 26.9 Å². The molecule has 2 nitrogen and oxygen atoms in total. The molecule has 0 fully saturated rings. The van der Waals surface area contributed by atoms with E-state index in [1.165, 1.54) is 13.2 Å². The van der Waals surface area contributed by atoms with E-state index in [4.69, 9.17) is 16.3 Å². The maximum absolute atomic E-state index is 13.3. The van der Waals surface area contributed by atoms with Crippen LogP contribution in [-0.4, -0.2) is 12.2 Å². The van der Waals surface area contributed by atoms with Gasteiger partial charge in [-0.15, -0.1) is 0 Å². The van der Waals surface area contributed by atoms with Crippen LogP contribution in [0.3, 0.4) is 0 Å². The molecule has 1 N–H and O–H groups in total. The predicted molar refractivity (Wildman–Crippen MR) is 56.3 cm³/mol. The van der Waals surface area contributed by atoms with Gasteiger partial charge in [-0.05, 0) is 28.9 Å². The van der Waals surface area contributed by atoms with Crippen LogP contribution in [0.2, 0.25) is 5.02 Å². The van der Waals surface area contributed by atoms with Gasteiger partial charge < -0.3 is 9.84 Å². The molecule has 0 amide bonds. The zero-order valence-corrected chi connectivity index (χ0v) is 9.99. The zero-order valence-electron chi connectivity index (χ0n) is 7.64. The molecule has 0 heterocycles. The van der Waals surface area contributed by atoms with E-state index in [0.717, 1.165) is 0 Å². The van der Waals surface area contributed by atoms with Crippen LogP contribution in [0.15, 0.2) is 10.5 Å². The Morgan fingerprint density at radius 3 is 2.64 bits per heavy atom. The molecule has 0 aromatic heterocycles. The van der Waals surface area contributed by atoms with Crippen molar-refractivity contribution in [3.8, 4) is 5.75 Å². The number of rotatable bonds is 2. The van der Waals surface area contributed by atoms with Crippen LogP contribution in [0.25, 0.3) is 0 Å². The first-order valence-electron chi connectivity index (χ1n) is 3.88. The van der Waals surface area contributed by atoms with Crippen molar-refractivity contribution in [2.24, 2.45) is 0 Å². The summed E-state index contributed by atoms with van der Waals surface area (Å²) in [4.78, 5) is 0. The van der Waals surface area contributed by atoms with Crippen molar-refractivity contribution < 1.29 is 14.2 Å². The van der Waals surface area contributed by atoms with Gasteiger partial charge in [0.15, 0.2) is 5.82 Å². The van der Waals surface area contributed by atoms with Gasteiger partial charge in [-0.25, -0.2) is 4.39 Å². The second-order valence-corrected chi connectivity index (χ2v) is 3.99. The van der Waals surface area contributed by atoms with Gasteiger partial charge in [-0.2, -0.15) is 0 Å². The summed E-state index contributed by atoms with van der Waals surface area (Å²) in [6.07, 6.45) is -0.764. The second kappa shape index (κ2) is 4.47. The van der Waals surface area contributed by atoms with E-state index in [-0.39, 0.29) is 15.2 Å². The van der Waals surface area contributed by atoms with Crippen LogP contribution in [0, 0.1) is 5.82 Å². The number of benzene rings is 1. The lowest BCUT2D eigenvalue weighted by atomic mass is 10.1. The fourth-order valence-electron chi connectivity index (χ4n) is 1.11. The molecule has 0 radical (unpaired) electrons. The van der Waals surface area contributed by atoms with Crippen LogP contribution >= 0.6 is 27.5 Å². The molecule has 78 valence electrons. The molecule has 5 heteroatoms. The predicted octanol–water partition coefficient (Wildman–Crippen LogP) is 3.30. The number of hydrogen-bond acceptors (Lipinski definition) is 2. The number of aliphatic hydroxyl groups is 1. The third-order valence-corrected chi connectivity index (χ3v) is 2.78. The lowest BCUT2D eigenvalue weighted by Crippen LogP contribution is -1.99. The van der Waals surface area contributed by atoms with E-state index in [2.05, 4.69) is 15.9 Å². The van der Waals surface area contributed by atoms with Crippen molar-refractivity contribution in [1.29, 1.82) is 0 Å². The van der Waals surface area contributed by atoms with E-state index in [1.54, 1.807) is 6.92 Å². The highest BCUT2D eigenvalue weighted by atomic mass is 79.9. The minimum absolute atomic E-state index is 0.0476. The van der Waals surface area contributed by atoms with E-state index >= 15 is 0 Å². The molecule has 1 unspecified atom stereocenters. The summed E-state index contributed by atoms with van der Waals surface area (Å²) in [7, 11) is 1.40. The summed E-state index contributed by atoms with van der Waals surface area (Å²) in [6.45, 7) is 1.55. The van der Waals surface area contributed by atoms with Gasteiger partial charge in [-0.1, -0.05) is 11.6 Å². The summed E-state index contributed by atoms with van der Waals surface area (Å²) >= 11 is 8.64. The average Bonchev–Trinajstić information content (AvgIpc) is 2.13. The van der Waals surface area contributed by atoms with Crippen LogP contribution in [0.4, 0.5) is 4.39 Å². The summed E-state index contributed by atoms with van der Waals surface area (Å²) < 4.78 is 18.4. The monoisotopic (exact) mass is 282 g/mol. The van der Waals surface area contributed by atoms with Gasteiger partial charge in [0.05, 0.1) is 22.7 Å². The molecule has 1 aromatic carbocycles.